The number of rotatable bonds is 3. The van der Waals surface area contributed by atoms with Crippen molar-refractivity contribution in [1.29, 1.82) is 0 Å². The molecule has 2 heteroatoms. The minimum absolute atomic E-state index is 0.479. The summed E-state index contributed by atoms with van der Waals surface area (Å²) in [4.78, 5) is 0. The normalized spacial score (nSPS) is 15.3. The first-order chi connectivity index (χ1) is 9.28. The number of hydrogen-bond donors (Lipinski definition) is 1. The van der Waals surface area contributed by atoms with E-state index < -0.39 is 0 Å². The molecule has 0 heterocycles. The lowest BCUT2D eigenvalue weighted by Crippen LogP contribution is -2.08. The van der Waals surface area contributed by atoms with Crippen LogP contribution < -0.4 is 5.73 Å². The van der Waals surface area contributed by atoms with Crippen molar-refractivity contribution in [2.75, 3.05) is 0 Å². The molecule has 0 bridgehead atoms. The summed E-state index contributed by atoms with van der Waals surface area (Å²) in [6.07, 6.45) is 4.07. The second-order valence-electron chi connectivity index (χ2n) is 5.26. The van der Waals surface area contributed by atoms with Crippen LogP contribution in [0.15, 0.2) is 42.5 Å². The lowest BCUT2D eigenvalue weighted by molar-refractivity contribution is 0.420. The van der Waals surface area contributed by atoms with Crippen molar-refractivity contribution < 1.29 is 0 Å². The standard InChI is InChI=1S/C17H18ClN/c18-17-9-8-15(10-16(17)11-19)14-6-4-13(5-7-14)12-2-1-3-12/h4-10,12H,1-3,11,19H2. The SMILES string of the molecule is NCc1cc(-c2ccc(C3CCC3)cc2)ccc1Cl. The Morgan fingerprint density at radius 1 is 1.00 bits per heavy atom. The van der Waals surface area contributed by atoms with Gasteiger partial charge < -0.3 is 5.73 Å². The van der Waals surface area contributed by atoms with E-state index in [0.29, 0.717) is 6.54 Å². The average Bonchev–Trinajstić information content (AvgIpc) is 2.38. The van der Waals surface area contributed by atoms with Gasteiger partial charge in [-0.1, -0.05) is 48.4 Å². The second-order valence-corrected chi connectivity index (χ2v) is 5.67. The van der Waals surface area contributed by atoms with Crippen LogP contribution in [0.3, 0.4) is 0 Å². The lowest BCUT2D eigenvalue weighted by Gasteiger charge is -2.25. The van der Waals surface area contributed by atoms with Crippen LogP contribution in [-0.4, -0.2) is 0 Å². The molecule has 1 nitrogen and oxygen atoms in total. The summed E-state index contributed by atoms with van der Waals surface area (Å²) >= 11 is 6.10. The fraction of sp³-hybridized carbons (Fsp3) is 0.294. The smallest absolute Gasteiger partial charge is 0.0451 e. The van der Waals surface area contributed by atoms with Gasteiger partial charge >= 0.3 is 0 Å². The molecule has 0 aromatic heterocycles. The predicted octanol–water partition coefficient (Wildman–Crippen LogP) is 4.73. The minimum atomic E-state index is 0.479. The first-order valence-electron chi connectivity index (χ1n) is 6.87. The number of hydrogen-bond acceptors (Lipinski definition) is 1. The van der Waals surface area contributed by atoms with Gasteiger partial charge in [-0.3, -0.25) is 0 Å². The molecule has 98 valence electrons. The van der Waals surface area contributed by atoms with E-state index in [1.165, 1.54) is 36.0 Å². The Morgan fingerprint density at radius 3 is 2.26 bits per heavy atom. The van der Waals surface area contributed by atoms with E-state index >= 15 is 0 Å². The Balaban J connectivity index is 1.88. The topological polar surface area (TPSA) is 26.0 Å². The molecular weight excluding hydrogens is 254 g/mol. The first kappa shape index (κ1) is 12.7. The third-order valence-electron chi connectivity index (χ3n) is 4.09. The molecule has 2 aromatic rings. The Morgan fingerprint density at radius 2 is 1.68 bits per heavy atom. The summed E-state index contributed by atoms with van der Waals surface area (Å²) in [6.45, 7) is 0.479. The molecule has 2 N–H and O–H groups in total. The first-order valence-corrected chi connectivity index (χ1v) is 7.24. The number of benzene rings is 2. The Bertz CT molecular complexity index is 570. The summed E-state index contributed by atoms with van der Waals surface area (Å²) in [5.74, 6) is 0.791. The lowest BCUT2D eigenvalue weighted by atomic mass is 9.80. The molecule has 1 aliphatic carbocycles. The van der Waals surface area contributed by atoms with E-state index in [1.807, 2.05) is 6.07 Å². The van der Waals surface area contributed by atoms with E-state index in [2.05, 4.69) is 36.4 Å². The van der Waals surface area contributed by atoms with Crippen LogP contribution in [0, 0.1) is 0 Å². The van der Waals surface area contributed by atoms with Gasteiger partial charge in [0.2, 0.25) is 0 Å². The number of halogens is 1. The van der Waals surface area contributed by atoms with Crippen LogP contribution in [-0.2, 0) is 6.54 Å². The summed E-state index contributed by atoms with van der Waals surface area (Å²) in [7, 11) is 0. The fourth-order valence-corrected chi connectivity index (χ4v) is 2.79. The molecular formula is C17H18ClN. The largest absolute Gasteiger partial charge is 0.326 e. The summed E-state index contributed by atoms with van der Waals surface area (Å²) < 4.78 is 0. The van der Waals surface area contributed by atoms with Crippen molar-refractivity contribution >= 4 is 11.6 Å². The highest BCUT2D eigenvalue weighted by molar-refractivity contribution is 6.31. The summed E-state index contributed by atoms with van der Waals surface area (Å²) in [5.41, 5.74) is 10.6. The van der Waals surface area contributed by atoms with Gasteiger partial charge in [-0.25, -0.2) is 0 Å². The van der Waals surface area contributed by atoms with Gasteiger partial charge in [0.25, 0.3) is 0 Å². The molecule has 0 radical (unpaired) electrons. The van der Waals surface area contributed by atoms with Crippen LogP contribution in [0.1, 0.15) is 36.3 Å². The van der Waals surface area contributed by atoms with Crippen LogP contribution >= 0.6 is 11.6 Å². The fourth-order valence-electron chi connectivity index (χ4n) is 2.60. The van der Waals surface area contributed by atoms with Crippen LogP contribution in [0.4, 0.5) is 0 Å². The molecule has 0 unspecified atom stereocenters. The zero-order valence-corrected chi connectivity index (χ0v) is 11.7. The molecule has 19 heavy (non-hydrogen) atoms. The molecule has 0 aliphatic heterocycles. The van der Waals surface area contributed by atoms with Crippen LogP contribution in [0.5, 0.6) is 0 Å². The van der Waals surface area contributed by atoms with Gasteiger partial charge in [0, 0.05) is 11.6 Å². The van der Waals surface area contributed by atoms with Crippen molar-refractivity contribution in [3.8, 4) is 11.1 Å². The van der Waals surface area contributed by atoms with Crippen molar-refractivity contribution in [1.82, 2.24) is 0 Å². The number of nitrogens with two attached hydrogens (primary N) is 1. The molecule has 1 saturated carbocycles. The van der Waals surface area contributed by atoms with Crippen molar-refractivity contribution in [3.63, 3.8) is 0 Å². The van der Waals surface area contributed by atoms with Gasteiger partial charge in [-0.2, -0.15) is 0 Å². The van der Waals surface area contributed by atoms with E-state index in [1.54, 1.807) is 0 Å². The van der Waals surface area contributed by atoms with Gasteiger partial charge in [0.1, 0.15) is 0 Å². The van der Waals surface area contributed by atoms with E-state index in [4.69, 9.17) is 17.3 Å². The van der Waals surface area contributed by atoms with Crippen LogP contribution in [0.2, 0.25) is 5.02 Å². The highest BCUT2D eigenvalue weighted by Gasteiger charge is 2.18. The van der Waals surface area contributed by atoms with Gasteiger partial charge in [0.15, 0.2) is 0 Å². The molecule has 1 aliphatic rings. The quantitative estimate of drug-likeness (QED) is 0.858. The van der Waals surface area contributed by atoms with E-state index in [9.17, 15) is 0 Å². The molecule has 3 rings (SSSR count). The van der Waals surface area contributed by atoms with Crippen molar-refractivity contribution in [2.24, 2.45) is 5.73 Å². The average molecular weight is 272 g/mol. The Hall–Kier alpha value is -1.31. The van der Waals surface area contributed by atoms with Gasteiger partial charge in [0.05, 0.1) is 0 Å². The van der Waals surface area contributed by atoms with E-state index in [-0.39, 0.29) is 0 Å². The van der Waals surface area contributed by atoms with E-state index in [0.717, 1.165) is 16.5 Å². The molecule has 0 saturated heterocycles. The predicted molar refractivity (Wildman–Crippen MR) is 81.4 cm³/mol. The highest BCUT2D eigenvalue weighted by Crippen LogP contribution is 2.37. The molecule has 2 aromatic carbocycles. The van der Waals surface area contributed by atoms with Gasteiger partial charge in [-0.05, 0) is 53.1 Å². The third-order valence-corrected chi connectivity index (χ3v) is 4.45. The minimum Gasteiger partial charge on any atom is -0.326 e. The maximum Gasteiger partial charge on any atom is 0.0451 e. The van der Waals surface area contributed by atoms with Crippen molar-refractivity contribution in [2.45, 2.75) is 31.7 Å². The molecule has 1 fully saturated rings. The zero-order chi connectivity index (χ0) is 13.2. The summed E-state index contributed by atoms with van der Waals surface area (Å²) in [6, 6.07) is 15.0. The van der Waals surface area contributed by atoms with Gasteiger partial charge in [-0.15, -0.1) is 0 Å². The zero-order valence-electron chi connectivity index (χ0n) is 10.9. The maximum absolute atomic E-state index is 6.10. The molecule has 0 atom stereocenters. The maximum atomic E-state index is 6.10. The second kappa shape index (κ2) is 5.36. The molecule has 0 amide bonds. The Labute approximate surface area is 119 Å². The highest BCUT2D eigenvalue weighted by atomic mass is 35.5. The molecule has 0 spiro atoms. The Kier molecular flexibility index (Phi) is 3.58. The summed E-state index contributed by atoms with van der Waals surface area (Å²) in [5, 5.41) is 0.748. The third kappa shape index (κ3) is 2.54. The van der Waals surface area contributed by atoms with Crippen LogP contribution in [0.25, 0.3) is 11.1 Å². The monoisotopic (exact) mass is 271 g/mol. The van der Waals surface area contributed by atoms with Crippen molar-refractivity contribution in [3.05, 3.63) is 58.6 Å².